The smallest absolute Gasteiger partial charge is 0.145 e. The molecule has 98 valence electrons. The third-order valence-corrected chi connectivity index (χ3v) is 3.66. The average molecular weight is 255 g/mol. The molecule has 1 aromatic carbocycles. The topological polar surface area (TPSA) is 38.7 Å². The molecule has 2 heterocycles. The van der Waals surface area contributed by atoms with Crippen molar-refractivity contribution in [1.82, 2.24) is 4.98 Å². The van der Waals surface area contributed by atoms with Gasteiger partial charge >= 0.3 is 0 Å². The quantitative estimate of drug-likeness (QED) is 0.914. The summed E-state index contributed by atoms with van der Waals surface area (Å²) in [5.74, 6) is 2.37. The minimum Gasteiger partial charge on any atom is -0.456 e. The van der Waals surface area contributed by atoms with Crippen molar-refractivity contribution in [1.29, 1.82) is 0 Å². The van der Waals surface area contributed by atoms with E-state index >= 15 is 0 Å². The predicted octanol–water partition coefficient (Wildman–Crippen LogP) is 2.31. The number of ether oxygens (including phenoxy) is 1. The Balaban J connectivity index is 1.68. The molecule has 0 unspecified atom stereocenters. The normalized spacial score (nSPS) is 16.2. The summed E-state index contributed by atoms with van der Waals surface area (Å²) in [5.41, 5.74) is 1.44. The van der Waals surface area contributed by atoms with Crippen molar-refractivity contribution in [2.75, 3.05) is 13.1 Å². The van der Waals surface area contributed by atoms with Gasteiger partial charge in [-0.1, -0.05) is 12.1 Å². The number of aromatic nitrogens is 1. The molecule has 3 heteroatoms. The van der Waals surface area contributed by atoms with Gasteiger partial charge in [0.05, 0.1) is 19.3 Å². The van der Waals surface area contributed by atoms with Crippen LogP contribution in [0.15, 0.2) is 48.8 Å². The standard InChI is InChI=1S/C16H18N2O/c1-2-16(12-18-9-1)19-15-5-3-13(4-6-15)14-7-10-17-11-8-14/h1-6,9,12,14,17H,7-8,10-11H2/p+1. The Labute approximate surface area is 113 Å². The van der Waals surface area contributed by atoms with Crippen LogP contribution < -0.4 is 10.1 Å². The van der Waals surface area contributed by atoms with Crippen LogP contribution in [0.25, 0.3) is 0 Å². The van der Waals surface area contributed by atoms with Crippen LogP contribution in [-0.2, 0) is 0 Å². The van der Waals surface area contributed by atoms with E-state index in [-0.39, 0.29) is 0 Å². The summed E-state index contributed by atoms with van der Waals surface area (Å²) in [6.07, 6.45) is 6.03. The van der Waals surface area contributed by atoms with Crippen LogP contribution in [0.1, 0.15) is 24.3 Å². The number of quaternary nitrogens is 1. The predicted molar refractivity (Wildman–Crippen MR) is 74.4 cm³/mol. The Morgan fingerprint density at radius 3 is 2.47 bits per heavy atom. The molecular weight excluding hydrogens is 236 g/mol. The first-order chi connectivity index (χ1) is 9.42. The molecular formula is C16H19N2O+. The van der Waals surface area contributed by atoms with E-state index in [0.29, 0.717) is 0 Å². The SMILES string of the molecule is c1cncc(Oc2ccc(C3CC[NH2+]CC3)cc2)c1. The second kappa shape index (κ2) is 5.85. The fourth-order valence-corrected chi connectivity index (χ4v) is 2.61. The third kappa shape index (κ3) is 3.12. The lowest BCUT2D eigenvalue weighted by Gasteiger charge is -2.20. The van der Waals surface area contributed by atoms with Crippen molar-refractivity contribution in [3.8, 4) is 11.5 Å². The van der Waals surface area contributed by atoms with Gasteiger partial charge in [-0.05, 0) is 35.7 Å². The average Bonchev–Trinajstić information content (AvgIpc) is 2.50. The van der Waals surface area contributed by atoms with E-state index in [2.05, 4.69) is 34.6 Å². The molecule has 0 aliphatic carbocycles. The van der Waals surface area contributed by atoms with Gasteiger partial charge in [0, 0.05) is 19.0 Å². The molecule has 1 aliphatic rings. The number of nitrogens with zero attached hydrogens (tertiary/aromatic N) is 1. The summed E-state index contributed by atoms with van der Waals surface area (Å²) in [6.45, 7) is 2.50. The highest BCUT2D eigenvalue weighted by Gasteiger charge is 2.17. The fourth-order valence-electron chi connectivity index (χ4n) is 2.61. The van der Waals surface area contributed by atoms with E-state index in [1.165, 1.54) is 31.5 Å². The number of benzene rings is 1. The largest absolute Gasteiger partial charge is 0.456 e. The molecule has 2 N–H and O–H groups in total. The Morgan fingerprint density at radius 1 is 1.00 bits per heavy atom. The van der Waals surface area contributed by atoms with Crippen LogP contribution in [0.3, 0.4) is 0 Å². The minimum atomic E-state index is 0.720. The highest BCUT2D eigenvalue weighted by molar-refractivity contribution is 5.33. The number of hydrogen-bond donors (Lipinski definition) is 1. The monoisotopic (exact) mass is 255 g/mol. The first-order valence-corrected chi connectivity index (χ1v) is 6.91. The Bertz CT molecular complexity index is 504. The second-order valence-corrected chi connectivity index (χ2v) is 5.00. The van der Waals surface area contributed by atoms with Gasteiger partial charge in [-0.15, -0.1) is 0 Å². The first-order valence-electron chi connectivity index (χ1n) is 6.91. The Morgan fingerprint density at radius 2 is 1.79 bits per heavy atom. The Kier molecular flexibility index (Phi) is 3.75. The van der Waals surface area contributed by atoms with Crippen LogP contribution in [0, 0.1) is 0 Å². The highest BCUT2D eigenvalue weighted by atomic mass is 16.5. The number of hydrogen-bond acceptors (Lipinski definition) is 2. The molecule has 0 amide bonds. The molecule has 0 saturated carbocycles. The van der Waals surface area contributed by atoms with Crippen molar-refractivity contribution in [3.63, 3.8) is 0 Å². The maximum absolute atomic E-state index is 5.75. The maximum Gasteiger partial charge on any atom is 0.145 e. The molecule has 0 spiro atoms. The zero-order valence-electron chi connectivity index (χ0n) is 11.0. The zero-order valence-corrected chi connectivity index (χ0v) is 11.0. The van der Waals surface area contributed by atoms with Crippen molar-refractivity contribution < 1.29 is 10.1 Å². The van der Waals surface area contributed by atoms with Crippen LogP contribution >= 0.6 is 0 Å². The molecule has 19 heavy (non-hydrogen) atoms. The van der Waals surface area contributed by atoms with Gasteiger partial charge in [-0.3, -0.25) is 4.98 Å². The van der Waals surface area contributed by atoms with Crippen molar-refractivity contribution in [2.24, 2.45) is 0 Å². The van der Waals surface area contributed by atoms with E-state index in [0.717, 1.165) is 17.4 Å². The number of piperidine rings is 1. The minimum absolute atomic E-state index is 0.720. The molecule has 0 radical (unpaired) electrons. The Hall–Kier alpha value is -1.87. The summed E-state index contributed by atoms with van der Waals surface area (Å²) >= 11 is 0. The van der Waals surface area contributed by atoms with Gasteiger partial charge in [0.15, 0.2) is 0 Å². The molecule has 1 aromatic heterocycles. The summed E-state index contributed by atoms with van der Waals surface area (Å²) < 4.78 is 5.75. The van der Waals surface area contributed by atoms with Gasteiger partial charge in [-0.25, -0.2) is 0 Å². The van der Waals surface area contributed by atoms with Crippen LogP contribution in [0.4, 0.5) is 0 Å². The first kappa shape index (κ1) is 12.2. The lowest BCUT2D eigenvalue weighted by Crippen LogP contribution is -2.86. The molecule has 1 fully saturated rings. The van der Waals surface area contributed by atoms with Crippen molar-refractivity contribution in [2.45, 2.75) is 18.8 Å². The van der Waals surface area contributed by atoms with E-state index in [9.17, 15) is 0 Å². The van der Waals surface area contributed by atoms with Gasteiger partial charge in [0.2, 0.25) is 0 Å². The van der Waals surface area contributed by atoms with Crippen LogP contribution in [0.5, 0.6) is 11.5 Å². The summed E-state index contributed by atoms with van der Waals surface area (Å²) in [5, 5.41) is 2.40. The number of pyridine rings is 1. The van der Waals surface area contributed by atoms with Crippen LogP contribution in [-0.4, -0.2) is 18.1 Å². The molecule has 2 aromatic rings. The van der Waals surface area contributed by atoms with E-state index < -0.39 is 0 Å². The number of rotatable bonds is 3. The molecule has 1 aliphatic heterocycles. The fraction of sp³-hybridized carbons (Fsp3) is 0.312. The van der Waals surface area contributed by atoms with Crippen LogP contribution in [0.2, 0.25) is 0 Å². The molecule has 1 saturated heterocycles. The van der Waals surface area contributed by atoms with E-state index in [4.69, 9.17) is 4.74 Å². The van der Waals surface area contributed by atoms with Crippen molar-refractivity contribution >= 4 is 0 Å². The molecule has 3 rings (SSSR count). The van der Waals surface area contributed by atoms with Gasteiger partial charge < -0.3 is 10.1 Å². The second-order valence-electron chi connectivity index (χ2n) is 5.00. The van der Waals surface area contributed by atoms with Gasteiger partial charge in [-0.2, -0.15) is 0 Å². The van der Waals surface area contributed by atoms with Gasteiger partial charge in [0.1, 0.15) is 11.5 Å². The highest BCUT2D eigenvalue weighted by Crippen LogP contribution is 2.27. The molecule has 0 bridgehead atoms. The molecule has 3 nitrogen and oxygen atoms in total. The summed E-state index contributed by atoms with van der Waals surface area (Å²) in [4.78, 5) is 4.04. The third-order valence-electron chi connectivity index (χ3n) is 3.66. The lowest BCUT2D eigenvalue weighted by molar-refractivity contribution is -0.663. The molecule has 0 atom stereocenters. The van der Waals surface area contributed by atoms with Gasteiger partial charge in [0.25, 0.3) is 0 Å². The van der Waals surface area contributed by atoms with E-state index in [1.807, 2.05) is 12.1 Å². The lowest BCUT2D eigenvalue weighted by atomic mass is 9.90. The van der Waals surface area contributed by atoms with E-state index in [1.54, 1.807) is 12.4 Å². The summed E-state index contributed by atoms with van der Waals surface area (Å²) in [6, 6.07) is 12.3. The summed E-state index contributed by atoms with van der Waals surface area (Å²) in [7, 11) is 0. The maximum atomic E-state index is 5.75. The number of nitrogens with two attached hydrogens (primary N) is 1. The van der Waals surface area contributed by atoms with Crippen molar-refractivity contribution in [3.05, 3.63) is 54.4 Å². The zero-order chi connectivity index (χ0) is 12.9.